The molecule has 1 aromatic carbocycles. The van der Waals surface area contributed by atoms with Crippen molar-refractivity contribution in [2.75, 3.05) is 6.54 Å². The van der Waals surface area contributed by atoms with Gasteiger partial charge < -0.3 is 4.42 Å². The first-order chi connectivity index (χ1) is 9.44. The van der Waals surface area contributed by atoms with Crippen molar-refractivity contribution < 1.29 is 12.8 Å². The molecule has 0 unspecified atom stereocenters. The van der Waals surface area contributed by atoms with Crippen LogP contribution in [-0.2, 0) is 22.2 Å². The normalized spacial score (nSPS) is 11.7. The molecule has 2 aromatic rings. The van der Waals surface area contributed by atoms with E-state index >= 15 is 0 Å². The largest absolute Gasteiger partial charge is 0.446 e. The van der Waals surface area contributed by atoms with Gasteiger partial charge in [0.1, 0.15) is 5.76 Å². The Bertz CT molecular complexity index is 660. The molecule has 0 saturated heterocycles. The Morgan fingerprint density at radius 1 is 1.20 bits per heavy atom. The number of rotatable bonds is 6. The molecule has 0 aliphatic carbocycles. The van der Waals surface area contributed by atoms with E-state index in [1.54, 1.807) is 13.1 Å². The lowest BCUT2D eigenvalue weighted by Gasteiger charge is -2.06. The molecule has 0 aliphatic rings. The predicted molar refractivity (Wildman–Crippen MR) is 76.7 cm³/mol. The van der Waals surface area contributed by atoms with E-state index in [-0.39, 0.29) is 12.3 Å². The maximum Gasteiger partial charge on any atom is 0.215 e. The van der Waals surface area contributed by atoms with E-state index < -0.39 is 10.0 Å². The Kier molecular flexibility index (Phi) is 4.57. The fourth-order valence-corrected chi connectivity index (χ4v) is 2.93. The smallest absolute Gasteiger partial charge is 0.215 e. The van der Waals surface area contributed by atoms with Crippen molar-refractivity contribution in [3.63, 3.8) is 0 Å². The van der Waals surface area contributed by atoms with Gasteiger partial charge in [0, 0.05) is 13.0 Å². The molecular formula is C14H18N2O3S. The van der Waals surface area contributed by atoms with Crippen LogP contribution in [0.15, 0.2) is 34.9 Å². The molecule has 0 spiro atoms. The molecule has 0 atom stereocenters. The molecule has 0 bridgehead atoms. The summed E-state index contributed by atoms with van der Waals surface area (Å²) in [7, 11) is -3.33. The van der Waals surface area contributed by atoms with Crippen LogP contribution in [0.4, 0.5) is 0 Å². The zero-order chi connectivity index (χ0) is 14.6. The topological polar surface area (TPSA) is 72.2 Å². The number of aromatic nitrogens is 1. The number of oxazole rings is 1. The fourth-order valence-electron chi connectivity index (χ4n) is 1.79. The van der Waals surface area contributed by atoms with Crippen LogP contribution in [-0.4, -0.2) is 19.9 Å². The lowest BCUT2D eigenvalue weighted by Crippen LogP contribution is -2.27. The Labute approximate surface area is 119 Å². The first-order valence-electron chi connectivity index (χ1n) is 6.39. The highest BCUT2D eigenvalue weighted by molar-refractivity contribution is 7.88. The lowest BCUT2D eigenvalue weighted by atomic mass is 10.2. The van der Waals surface area contributed by atoms with E-state index in [1.807, 2.05) is 31.2 Å². The van der Waals surface area contributed by atoms with Gasteiger partial charge in [-0.3, -0.25) is 0 Å². The van der Waals surface area contributed by atoms with Crippen molar-refractivity contribution in [2.24, 2.45) is 0 Å². The molecule has 2 rings (SSSR count). The zero-order valence-electron chi connectivity index (χ0n) is 11.6. The molecule has 6 heteroatoms. The van der Waals surface area contributed by atoms with Crippen molar-refractivity contribution >= 4 is 10.0 Å². The summed E-state index contributed by atoms with van der Waals surface area (Å²) in [5.41, 5.74) is 1.88. The molecule has 1 N–H and O–H groups in total. The average molecular weight is 294 g/mol. The minimum Gasteiger partial charge on any atom is -0.446 e. The van der Waals surface area contributed by atoms with Crippen molar-refractivity contribution in [1.82, 2.24) is 9.71 Å². The highest BCUT2D eigenvalue weighted by Crippen LogP contribution is 2.07. The standard InChI is InChI=1S/C14H18N2O3S/c1-11-3-5-13(6-4-11)10-20(17,18)16-8-7-14-15-9-12(2)19-14/h3-6,9,16H,7-8,10H2,1-2H3. The Morgan fingerprint density at radius 2 is 1.90 bits per heavy atom. The van der Waals surface area contributed by atoms with E-state index in [4.69, 9.17) is 4.42 Å². The SMILES string of the molecule is Cc1ccc(CS(=O)(=O)NCCc2ncc(C)o2)cc1. The van der Waals surface area contributed by atoms with E-state index in [0.29, 0.717) is 12.3 Å². The van der Waals surface area contributed by atoms with Gasteiger partial charge in [-0.25, -0.2) is 18.1 Å². The summed E-state index contributed by atoms with van der Waals surface area (Å²) in [6, 6.07) is 7.46. The van der Waals surface area contributed by atoms with Crippen LogP contribution in [0.3, 0.4) is 0 Å². The van der Waals surface area contributed by atoms with Gasteiger partial charge in [-0.15, -0.1) is 0 Å². The molecule has 108 valence electrons. The maximum absolute atomic E-state index is 11.9. The van der Waals surface area contributed by atoms with Crippen LogP contribution in [0.2, 0.25) is 0 Å². The minimum absolute atomic E-state index is 0.0160. The van der Waals surface area contributed by atoms with Crippen LogP contribution in [0, 0.1) is 13.8 Å². The first kappa shape index (κ1) is 14.7. The monoisotopic (exact) mass is 294 g/mol. The number of aryl methyl sites for hydroxylation is 2. The number of nitrogens with zero attached hydrogens (tertiary/aromatic N) is 1. The number of sulfonamides is 1. The van der Waals surface area contributed by atoms with Gasteiger partial charge in [-0.2, -0.15) is 0 Å². The van der Waals surface area contributed by atoms with E-state index in [2.05, 4.69) is 9.71 Å². The summed E-state index contributed by atoms with van der Waals surface area (Å²) in [5.74, 6) is 1.25. The van der Waals surface area contributed by atoms with Gasteiger partial charge in [-0.1, -0.05) is 29.8 Å². The Balaban J connectivity index is 1.86. The van der Waals surface area contributed by atoms with E-state index in [1.165, 1.54) is 0 Å². The summed E-state index contributed by atoms with van der Waals surface area (Å²) in [4.78, 5) is 4.03. The van der Waals surface area contributed by atoms with Gasteiger partial charge in [0.15, 0.2) is 5.89 Å². The molecule has 1 heterocycles. The van der Waals surface area contributed by atoms with Crippen molar-refractivity contribution in [2.45, 2.75) is 26.0 Å². The van der Waals surface area contributed by atoms with Crippen LogP contribution < -0.4 is 4.72 Å². The highest BCUT2D eigenvalue weighted by Gasteiger charge is 2.11. The lowest BCUT2D eigenvalue weighted by molar-refractivity contribution is 0.469. The molecule has 20 heavy (non-hydrogen) atoms. The summed E-state index contributed by atoms with van der Waals surface area (Å²) < 4.78 is 31.7. The number of nitrogens with one attached hydrogen (secondary N) is 1. The third kappa shape index (κ3) is 4.47. The third-order valence-corrected chi connectivity index (χ3v) is 4.16. The summed E-state index contributed by atoms with van der Waals surface area (Å²) in [6.45, 7) is 4.06. The second-order valence-corrected chi connectivity index (χ2v) is 6.56. The highest BCUT2D eigenvalue weighted by atomic mass is 32.2. The van der Waals surface area contributed by atoms with E-state index in [9.17, 15) is 8.42 Å². The van der Waals surface area contributed by atoms with Crippen molar-refractivity contribution in [3.8, 4) is 0 Å². The molecule has 1 aromatic heterocycles. The Hall–Kier alpha value is -1.66. The van der Waals surface area contributed by atoms with Gasteiger partial charge >= 0.3 is 0 Å². The number of benzene rings is 1. The molecule has 0 fully saturated rings. The van der Waals surface area contributed by atoms with E-state index in [0.717, 1.165) is 16.9 Å². The average Bonchev–Trinajstić information content (AvgIpc) is 2.77. The predicted octanol–water partition coefficient (Wildman–Crippen LogP) is 1.95. The van der Waals surface area contributed by atoms with Gasteiger partial charge in [-0.05, 0) is 19.4 Å². The molecule has 0 radical (unpaired) electrons. The quantitative estimate of drug-likeness (QED) is 0.884. The van der Waals surface area contributed by atoms with Gasteiger partial charge in [0.25, 0.3) is 0 Å². The molecule has 0 saturated carbocycles. The second-order valence-electron chi connectivity index (χ2n) is 4.75. The minimum atomic E-state index is -3.33. The molecule has 5 nitrogen and oxygen atoms in total. The number of hydrogen-bond donors (Lipinski definition) is 1. The van der Waals surface area contributed by atoms with Crippen molar-refractivity contribution in [1.29, 1.82) is 0 Å². The fraction of sp³-hybridized carbons (Fsp3) is 0.357. The molecular weight excluding hydrogens is 276 g/mol. The summed E-state index contributed by atoms with van der Waals surface area (Å²) in [5, 5.41) is 0. The van der Waals surface area contributed by atoms with Crippen LogP contribution >= 0.6 is 0 Å². The van der Waals surface area contributed by atoms with Crippen LogP contribution in [0.25, 0.3) is 0 Å². The Morgan fingerprint density at radius 3 is 2.50 bits per heavy atom. The second kappa shape index (κ2) is 6.19. The zero-order valence-corrected chi connectivity index (χ0v) is 12.4. The first-order valence-corrected chi connectivity index (χ1v) is 8.04. The number of hydrogen-bond acceptors (Lipinski definition) is 4. The molecule has 0 aliphatic heterocycles. The third-order valence-electron chi connectivity index (χ3n) is 2.81. The molecule has 0 amide bonds. The van der Waals surface area contributed by atoms with Gasteiger partial charge in [0.05, 0.1) is 11.9 Å². The van der Waals surface area contributed by atoms with Crippen LogP contribution in [0.1, 0.15) is 22.8 Å². The summed E-state index contributed by atoms with van der Waals surface area (Å²) >= 11 is 0. The summed E-state index contributed by atoms with van der Waals surface area (Å²) in [6.07, 6.45) is 2.07. The van der Waals surface area contributed by atoms with Gasteiger partial charge in [0.2, 0.25) is 10.0 Å². The van der Waals surface area contributed by atoms with Crippen LogP contribution in [0.5, 0.6) is 0 Å². The maximum atomic E-state index is 11.9. The van der Waals surface area contributed by atoms with Crippen molar-refractivity contribution in [3.05, 3.63) is 53.2 Å².